The summed E-state index contributed by atoms with van der Waals surface area (Å²) >= 11 is 0. The lowest BCUT2D eigenvalue weighted by Crippen LogP contribution is -2.36. The summed E-state index contributed by atoms with van der Waals surface area (Å²) in [5.41, 5.74) is 3.98. The van der Waals surface area contributed by atoms with Crippen molar-refractivity contribution in [1.29, 1.82) is 0 Å². The van der Waals surface area contributed by atoms with Crippen LogP contribution < -0.4 is 10.1 Å². The van der Waals surface area contributed by atoms with Gasteiger partial charge in [-0.15, -0.1) is 0 Å². The normalized spacial score (nSPS) is 14.3. The SMILES string of the molecule is O=C(NCC(O)C(O)c1ccc(F)cc1OC(F)F)OCC1c2ccccc2-c2ccccc21. The van der Waals surface area contributed by atoms with Gasteiger partial charge in [0.15, 0.2) is 0 Å². The molecule has 6 nitrogen and oxygen atoms in total. The van der Waals surface area contributed by atoms with Crippen molar-refractivity contribution in [2.45, 2.75) is 24.7 Å². The quantitative estimate of drug-likeness (QED) is 0.453. The summed E-state index contributed by atoms with van der Waals surface area (Å²) in [6.45, 7) is -3.63. The Hall–Kier alpha value is -3.56. The van der Waals surface area contributed by atoms with Crippen molar-refractivity contribution in [2.75, 3.05) is 13.2 Å². The summed E-state index contributed by atoms with van der Waals surface area (Å²) in [4.78, 5) is 12.2. The molecule has 2 atom stereocenters. The van der Waals surface area contributed by atoms with Crippen LogP contribution in [0, 0.1) is 5.82 Å². The number of hydrogen-bond acceptors (Lipinski definition) is 5. The van der Waals surface area contributed by atoms with Gasteiger partial charge in [-0.2, -0.15) is 8.78 Å². The predicted molar refractivity (Wildman–Crippen MR) is 117 cm³/mol. The fourth-order valence-electron chi connectivity index (χ4n) is 4.11. The van der Waals surface area contributed by atoms with E-state index in [0.717, 1.165) is 34.4 Å². The molecule has 0 saturated heterocycles. The van der Waals surface area contributed by atoms with Gasteiger partial charge < -0.3 is 25.0 Å². The van der Waals surface area contributed by atoms with E-state index >= 15 is 0 Å². The van der Waals surface area contributed by atoms with Crippen molar-refractivity contribution < 1.29 is 37.7 Å². The minimum Gasteiger partial charge on any atom is -0.449 e. The van der Waals surface area contributed by atoms with Crippen molar-refractivity contribution >= 4 is 6.09 Å². The van der Waals surface area contributed by atoms with Gasteiger partial charge in [0.05, 0.1) is 0 Å². The number of fused-ring (bicyclic) bond motifs is 3. The number of aliphatic hydroxyl groups is 2. The highest BCUT2D eigenvalue weighted by Crippen LogP contribution is 2.44. The number of ether oxygens (including phenoxy) is 2. The Kier molecular flexibility index (Phi) is 7.04. The zero-order valence-electron chi connectivity index (χ0n) is 17.8. The first-order chi connectivity index (χ1) is 16.3. The second-order valence-corrected chi connectivity index (χ2v) is 7.78. The minimum absolute atomic E-state index is 0.0584. The second-order valence-electron chi connectivity index (χ2n) is 7.78. The van der Waals surface area contributed by atoms with Crippen LogP contribution in [0.5, 0.6) is 5.75 Å². The number of alkyl carbamates (subject to hydrolysis) is 1. The first-order valence-electron chi connectivity index (χ1n) is 10.5. The molecule has 0 aromatic heterocycles. The van der Waals surface area contributed by atoms with Crippen molar-refractivity contribution in [3.05, 3.63) is 89.2 Å². The van der Waals surface area contributed by atoms with E-state index in [1.54, 1.807) is 0 Å². The molecule has 1 amide bonds. The van der Waals surface area contributed by atoms with Gasteiger partial charge >= 0.3 is 12.7 Å². The summed E-state index contributed by atoms with van der Waals surface area (Å²) in [5.74, 6) is -1.61. The third kappa shape index (κ3) is 5.00. The number of aliphatic hydroxyl groups excluding tert-OH is 2. The first-order valence-corrected chi connectivity index (χ1v) is 10.5. The molecule has 0 spiro atoms. The van der Waals surface area contributed by atoms with Gasteiger partial charge in [-0.1, -0.05) is 48.5 Å². The fraction of sp³-hybridized carbons (Fsp3) is 0.240. The van der Waals surface area contributed by atoms with Crippen LogP contribution in [-0.2, 0) is 4.74 Å². The Morgan fingerprint density at radius 3 is 2.21 bits per heavy atom. The topological polar surface area (TPSA) is 88.0 Å². The molecule has 0 aliphatic heterocycles. The van der Waals surface area contributed by atoms with E-state index in [1.807, 2.05) is 48.5 Å². The number of carbonyl (C=O) groups is 1. The third-order valence-corrected chi connectivity index (χ3v) is 5.67. The lowest BCUT2D eigenvalue weighted by atomic mass is 9.98. The predicted octanol–water partition coefficient (Wildman–Crippen LogP) is 4.36. The molecule has 3 N–H and O–H groups in total. The molecule has 3 aromatic rings. The van der Waals surface area contributed by atoms with Crippen LogP contribution in [0.15, 0.2) is 66.7 Å². The van der Waals surface area contributed by atoms with Crippen molar-refractivity contribution in [3.63, 3.8) is 0 Å². The molecule has 1 aliphatic rings. The van der Waals surface area contributed by atoms with Crippen LogP contribution in [0.3, 0.4) is 0 Å². The van der Waals surface area contributed by atoms with Crippen LogP contribution in [0.1, 0.15) is 28.7 Å². The van der Waals surface area contributed by atoms with Crippen LogP contribution in [-0.4, -0.2) is 42.2 Å². The van der Waals surface area contributed by atoms with E-state index in [2.05, 4.69) is 10.1 Å². The average molecular weight is 473 g/mol. The monoisotopic (exact) mass is 473 g/mol. The lowest BCUT2D eigenvalue weighted by Gasteiger charge is -2.21. The molecule has 0 fully saturated rings. The lowest BCUT2D eigenvalue weighted by molar-refractivity contribution is -0.0539. The van der Waals surface area contributed by atoms with Gasteiger partial charge in [0, 0.05) is 24.1 Å². The summed E-state index contributed by atoms with van der Waals surface area (Å²) in [6.07, 6.45) is -4.13. The minimum atomic E-state index is -3.25. The Balaban J connectivity index is 1.35. The van der Waals surface area contributed by atoms with E-state index in [1.165, 1.54) is 0 Å². The van der Waals surface area contributed by atoms with Crippen LogP contribution in [0.2, 0.25) is 0 Å². The molecule has 0 radical (unpaired) electrons. The van der Waals surface area contributed by atoms with Gasteiger partial charge in [-0.05, 0) is 34.4 Å². The smallest absolute Gasteiger partial charge is 0.407 e. The van der Waals surface area contributed by atoms with Gasteiger partial charge in [0.1, 0.15) is 30.4 Å². The van der Waals surface area contributed by atoms with Gasteiger partial charge in [-0.25, -0.2) is 9.18 Å². The summed E-state index contributed by atoms with van der Waals surface area (Å²) in [6, 6.07) is 18.3. The molecular weight excluding hydrogens is 451 g/mol. The number of rotatable bonds is 8. The summed E-state index contributed by atoms with van der Waals surface area (Å²) in [7, 11) is 0. The Labute approximate surface area is 193 Å². The van der Waals surface area contributed by atoms with Crippen molar-refractivity contribution in [1.82, 2.24) is 5.32 Å². The first kappa shape index (κ1) is 23.6. The number of halogens is 3. The maximum absolute atomic E-state index is 13.4. The van der Waals surface area contributed by atoms with Crippen molar-refractivity contribution in [2.24, 2.45) is 0 Å². The number of hydrogen-bond donors (Lipinski definition) is 3. The number of alkyl halides is 2. The molecule has 178 valence electrons. The second kappa shape index (κ2) is 10.1. The number of nitrogens with one attached hydrogen (secondary N) is 1. The molecule has 9 heteroatoms. The third-order valence-electron chi connectivity index (χ3n) is 5.67. The number of benzene rings is 3. The molecule has 0 heterocycles. The average Bonchev–Trinajstić information content (AvgIpc) is 3.14. The number of carbonyl (C=O) groups excluding carboxylic acids is 1. The van der Waals surface area contributed by atoms with Gasteiger partial charge in [0.25, 0.3) is 0 Å². The van der Waals surface area contributed by atoms with E-state index in [0.29, 0.717) is 6.07 Å². The molecule has 0 saturated carbocycles. The fourth-order valence-corrected chi connectivity index (χ4v) is 4.11. The standard InChI is InChI=1S/C25H22F3NO5/c26-14-9-10-19(22(11-14)34-24(27)28)23(31)21(30)12-29-25(32)33-13-20-17-7-3-1-5-15(17)16-6-2-4-8-18(16)20/h1-11,20-21,23-24,30-31H,12-13H2,(H,29,32). The Morgan fingerprint density at radius 1 is 0.971 bits per heavy atom. The summed E-state index contributed by atoms with van der Waals surface area (Å²) < 4.78 is 48.1. The molecular formula is C25H22F3NO5. The maximum atomic E-state index is 13.4. The van der Waals surface area contributed by atoms with E-state index in [9.17, 15) is 28.2 Å². The molecule has 1 aliphatic carbocycles. The largest absolute Gasteiger partial charge is 0.449 e. The Bertz CT molecular complexity index is 1130. The van der Waals surface area contributed by atoms with Gasteiger partial charge in [-0.3, -0.25) is 0 Å². The highest BCUT2D eigenvalue weighted by atomic mass is 19.3. The zero-order chi connectivity index (χ0) is 24.2. The highest BCUT2D eigenvalue weighted by Gasteiger charge is 2.29. The maximum Gasteiger partial charge on any atom is 0.407 e. The molecule has 0 bridgehead atoms. The van der Waals surface area contributed by atoms with Crippen LogP contribution in [0.4, 0.5) is 18.0 Å². The van der Waals surface area contributed by atoms with E-state index in [4.69, 9.17) is 4.74 Å². The number of amides is 1. The molecule has 2 unspecified atom stereocenters. The molecule has 3 aromatic carbocycles. The zero-order valence-corrected chi connectivity index (χ0v) is 17.8. The molecule has 4 rings (SSSR count). The van der Waals surface area contributed by atoms with Gasteiger partial charge in [0.2, 0.25) is 0 Å². The Morgan fingerprint density at radius 2 is 1.59 bits per heavy atom. The molecule has 34 heavy (non-hydrogen) atoms. The van der Waals surface area contributed by atoms with E-state index in [-0.39, 0.29) is 18.1 Å². The summed E-state index contributed by atoms with van der Waals surface area (Å²) in [5, 5.41) is 22.9. The van der Waals surface area contributed by atoms with Crippen molar-refractivity contribution in [3.8, 4) is 16.9 Å². The van der Waals surface area contributed by atoms with Crippen LogP contribution in [0.25, 0.3) is 11.1 Å². The van der Waals surface area contributed by atoms with E-state index < -0.39 is 43.0 Å². The van der Waals surface area contributed by atoms with Crippen LogP contribution >= 0.6 is 0 Å². The highest BCUT2D eigenvalue weighted by molar-refractivity contribution is 5.79.